The van der Waals surface area contributed by atoms with Crippen molar-refractivity contribution < 1.29 is 14.3 Å². The van der Waals surface area contributed by atoms with Gasteiger partial charge in [0.1, 0.15) is 11.5 Å². The van der Waals surface area contributed by atoms with Crippen molar-refractivity contribution in [2.24, 2.45) is 0 Å². The third kappa shape index (κ3) is 3.77. The maximum Gasteiger partial charge on any atom is 0.354 e. The van der Waals surface area contributed by atoms with Crippen LogP contribution in [0.15, 0.2) is 42.6 Å². The smallest absolute Gasteiger partial charge is 0.354 e. The Kier molecular flexibility index (Phi) is 4.07. The number of nitrogens with one attached hydrogen (secondary N) is 1. The lowest BCUT2D eigenvalue weighted by molar-refractivity contribution is 0.0690. The SMILES string of the molecule is O=C(O)c1ccc(NCCc2ccc(F)cc2)cn1. The topological polar surface area (TPSA) is 62.2 Å². The van der Waals surface area contributed by atoms with Crippen molar-refractivity contribution in [2.45, 2.75) is 6.42 Å². The van der Waals surface area contributed by atoms with Crippen LogP contribution in [-0.4, -0.2) is 22.6 Å². The monoisotopic (exact) mass is 260 g/mol. The Labute approximate surface area is 109 Å². The highest BCUT2D eigenvalue weighted by Crippen LogP contribution is 2.08. The molecule has 2 N–H and O–H groups in total. The first kappa shape index (κ1) is 13.0. The highest BCUT2D eigenvalue weighted by Gasteiger charge is 2.03. The van der Waals surface area contributed by atoms with Gasteiger partial charge >= 0.3 is 5.97 Å². The van der Waals surface area contributed by atoms with Gasteiger partial charge in [-0.15, -0.1) is 0 Å². The second-order valence-electron chi connectivity index (χ2n) is 4.04. The van der Waals surface area contributed by atoms with Crippen molar-refractivity contribution >= 4 is 11.7 Å². The Bertz CT molecular complexity index is 553. The van der Waals surface area contributed by atoms with Crippen LogP contribution in [0.5, 0.6) is 0 Å². The van der Waals surface area contributed by atoms with E-state index >= 15 is 0 Å². The number of hydrogen-bond acceptors (Lipinski definition) is 3. The molecule has 5 heteroatoms. The number of rotatable bonds is 5. The highest BCUT2D eigenvalue weighted by atomic mass is 19.1. The van der Waals surface area contributed by atoms with Crippen molar-refractivity contribution in [1.29, 1.82) is 0 Å². The lowest BCUT2D eigenvalue weighted by Gasteiger charge is -2.06. The van der Waals surface area contributed by atoms with Gasteiger partial charge < -0.3 is 10.4 Å². The van der Waals surface area contributed by atoms with Gasteiger partial charge in [-0.1, -0.05) is 12.1 Å². The highest BCUT2D eigenvalue weighted by molar-refractivity contribution is 5.85. The minimum atomic E-state index is -1.04. The standard InChI is InChI=1S/C14H13FN2O2/c15-11-3-1-10(2-4-11)7-8-16-12-5-6-13(14(18)19)17-9-12/h1-6,9,16H,7-8H2,(H,18,19). The van der Waals surface area contributed by atoms with Crippen LogP contribution < -0.4 is 5.32 Å². The molecular weight excluding hydrogens is 247 g/mol. The molecule has 19 heavy (non-hydrogen) atoms. The zero-order valence-corrected chi connectivity index (χ0v) is 10.1. The molecule has 2 rings (SSSR count). The Morgan fingerprint density at radius 3 is 2.53 bits per heavy atom. The summed E-state index contributed by atoms with van der Waals surface area (Å²) in [5, 5.41) is 11.8. The summed E-state index contributed by atoms with van der Waals surface area (Å²) in [4.78, 5) is 14.4. The normalized spacial score (nSPS) is 10.2. The number of benzene rings is 1. The summed E-state index contributed by atoms with van der Waals surface area (Å²) >= 11 is 0. The van der Waals surface area contributed by atoms with Gasteiger partial charge in [-0.3, -0.25) is 0 Å². The van der Waals surface area contributed by atoms with E-state index in [1.54, 1.807) is 18.2 Å². The molecule has 2 aromatic rings. The third-order valence-corrected chi connectivity index (χ3v) is 2.64. The van der Waals surface area contributed by atoms with E-state index in [0.29, 0.717) is 6.54 Å². The molecule has 0 aliphatic heterocycles. The molecule has 1 aromatic carbocycles. The van der Waals surface area contributed by atoms with E-state index in [9.17, 15) is 9.18 Å². The van der Waals surface area contributed by atoms with E-state index in [1.165, 1.54) is 24.4 Å². The lowest BCUT2D eigenvalue weighted by atomic mass is 10.1. The van der Waals surface area contributed by atoms with Crippen LogP contribution in [0.4, 0.5) is 10.1 Å². The molecular formula is C14H13FN2O2. The molecule has 0 aliphatic rings. The second kappa shape index (κ2) is 5.95. The van der Waals surface area contributed by atoms with Crippen LogP contribution in [0, 0.1) is 5.82 Å². The number of anilines is 1. The number of halogens is 1. The molecule has 0 bridgehead atoms. The van der Waals surface area contributed by atoms with Crippen LogP contribution in [-0.2, 0) is 6.42 Å². The van der Waals surface area contributed by atoms with Gasteiger partial charge in [-0.2, -0.15) is 0 Å². The maximum absolute atomic E-state index is 12.7. The number of nitrogens with zero attached hydrogens (tertiary/aromatic N) is 1. The number of pyridine rings is 1. The molecule has 0 amide bonds. The average Bonchev–Trinajstić information content (AvgIpc) is 2.41. The number of hydrogen-bond donors (Lipinski definition) is 2. The number of carbonyl (C=O) groups is 1. The van der Waals surface area contributed by atoms with E-state index in [4.69, 9.17) is 5.11 Å². The minimum absolute atomic E-state index is 0.0177. The van der Waals surface area contributed by atoms with Gasteiger partial charge in [-0.05, 0) is 36.2 Å². The summed E-state index contributed by atoms with van der Waals surface area (Å²) < 4.78 is 12.7. The summed E-state index contributed by atoms with van der Waals surface area (Å²) in [7, 11) is 0. The van der Waals surface area contributed by atoms with Crippen molar-refractivity contribution in [3.63, 3.8) is 0 Å². The Morgan fingerprint density at radius 1 is 1.21 bits per heavy atom. The fraction of sp³-hybridized carbons (Fsp3) is 0.143. The molecule has 1 heterocycles. The molecule has 98 valence electrons. The summed E-state index contributed by atoms with van der Waals surface area (Å²) in [6.45, 7) is 0.666. The molecule has 0 fully saturated rings. The molecule has 4 nitrogen and oxygen atoms in total. The largest absolute Gasteiger partial charge is 0.477 e. The second-order valence-corrected chi connectivity index (χ2v) is 4.04. The molecule has 0 spiro atoms. The molecule has 0 radical (unpaired) electrons. The molecule has 0 aliphatic carbocycles. The number of aromatic nitrogens is 1. The zero-order valence-electron chi connectivity index (χ0n) is 10.1. The summed E-state index contributed by atoms with van der Waals surface area (Å²) in [6, 6.07) is 9.45. The first-order valence-corrected chi connectivity index (χ1v) is 5.83. The Hall–Kier alpha value is -2.43. The van der Waals surface area contributed by atoms with Gasteiger partial charge in [0.15, 0.2) is 0 Å². The maximum atomic E-state index is 12.7. The molecule has 1 aromatic heterocycles. The van der Waals surface area contributed by atoms with Crippen molar-refractivity contribution in [2.75, 3.05) is 11.9 Å². The van der Waals surface area contributed by atoms with Crippen LogP contribution in [0.3, 0.4) is 0 Å². The third-order valence-electron chi connectivity index (χ3n) is 2.64. The fourth-order valence-corrected chi connectivity index (χ4v) is 1.63. The molecule has 0 saturated heterocycles. The number of carboxylic acids is 1. The van der Waals surface area contributed by atoms with Crippen molar-refractivity contribution in [3.05, 3.63) is 59.7 Å². The van der Waals surface area contributed by atoms with E-state index < -0.39 is 5.97 Å². The van der Waals surface area contributed by atoms with E-state index in [0.717, 1.165) is 17.7 Å². The van der Waals surface area contributed by atoms with Crippen LogP contribution in [0.1, 0.15) is 16.1 Å². The predicted octanol–water partition coefficient (Wildman–Crippen LogP) is 2.57. The first-order valence-electron chi connectivity index (χ1n) is 5.83. The van der Waals surface area contributed by atoms with Crippen LogP contribution >= 0.6 is 0 Å². The van der Waals surface area contributed by atoms with Gasteiger partial charge in [-0.25, -0.2) is 14.2 Å². The number of carboxylic acid groups (broad SMARTS) is 1. The average molecular weight is 260 g/mol. The van der Waals surface area contributed by atoms with Crippen molar-refractivity contribution in [3.8, 4) is 0 Å². The summed E-state index contributed by atoms with van der Waals surface area (Å²) in [6.07, 6.45) is 2.23. The molecule has 0 unspecified atom stereocenters. The minimum Gasteiger partial charge on any atom is -0.477 e. The predicted molar refractivity (Wildman–Crippen MR) is 69.8 cm³/mol. The summed E-state index contributed by atoms with van der Waals surface area (Å²) in [5.41, 5.74) is 1.81. The van der Waals surface area contributed by atoms with Crippen LogP contribution in [0.25, 0.3) is 0 Å². The van der Waals surface area contributed by atoms with Gasteiger partial charge in [0.05, 0.1) is 11.9 Å². The number of aromatic carboxylic acids is 1. The van der Waals surface area contributed by atoms with Crippen LogP contribution in [0.2, 0.25) is 0 Å². The Morgan fingerprint density at radius 2 is 1.95 bits per heavy atom. The molecule has 0 saturated carbocycles. The van der Waals surface area contributed by atoms with Gasteiger partial charge in [0.2, 0.25) is 0 Å². The summed E-state index contributed by atoms with van der Waals surface area (Å²) in [5.74, 6) is -1.29. The van der Waals surface area contributed by atoms with Gasteiger partial charge in [0, 0.05) is 6.54 Å². The quantitative estimate of drug-likeness (QED) is 0.867. The van der Waals surface area contributed by atoms with Gasteiger partial charge in [0.25, 0.3) is 0 Å². The fourth-order valence-electron chi connectivity index (χ4n) is 1.63. The zero-order chi connectivity index (χ0) is 13.7. The van der Waals surface area contributed by atoms with Crippen molar-refractivity contribution in [1.82, 2.24) is 4.98 Å². The lowest BCUT2D eigenvalue weighted by Crippen LogP contribution is -2.06. The molecule has 0 atom stereocenters. The van der Waals surface area contributed by atoms with E-state index in [-0.39, 0.29) is 11.5 Å². The van der Waals surface area contributed by atoms with E-state index in [1.807, 2.05) is 0 Å². The first-order chi connectivity index (χ1) is 9.15. The van der Waals surface area contributed by atoms with E-state index in [2.05, 4.69) is 10.3 Å². The Balaban J connectivity index is 1.85.